The molecule has 12 atom stereocenters. The van der Waals surface area contributed by atoms with Crippen molar-refractivity contribution >= 4 is 5.97 Å². The molecule has 0 aromatic carbocycles. The van der Waals surface area contributed by atoms with Crippen LogP contribution in [0.1, 0.15) is 27.2 Å². The Morgan fingerprint density at radius 1 is 1.10 bits per heavy atom. The van der Waals surface area contributed by atoms with Crippen molar-refractivity contribution in [2.75, 3.05) is 6.61 Å². The summed E-state index contributed by atoms with van der Waals surface area (Å²) in [5.41, 5.74) is -5.93. The third kappa shape index (κ3) is 1.75. The first-order valence-corrected chi connectivity index (χ1v) is 10.0. The summed E-state index contributed by atoms with van der Waals surface area (Å²) in [4.78, 5) is 12.5. The first-order valence-electron chi connectivity index (χ1n) is 10.0. The number of aliphatic hydroxyl groups is 6. The number of fused-ring (bicyclic) bond motifs is 2. The van der Waals surface area contributed by atoms with Crippen LogP contribution in [-0.2, 0) is 14.3 Å². The summed E-state index contributed by atoms with van der Waals surface area (Å²) in [6.45, 7) is 4.69. The molecule has 0 radical (unpaired) electrons. The van der Waals surface area contributed by atoms with E-state index < -0.39 is 70.5 Å². The summed E-state index contributed by atoms with van der Waals surface area (Å²) in [7, 11) is 0. The number of rotatable bonds is 0. The second kappa shape index (κ2) is 5.40. The van der Waals surface area contributed by atoms with Gasteiger partial charge in [-0.3, -0.25) is 0 Å². The van der Waals surface area contributed by atoms with Gasteiger partial charge in [0.1, 0.15) is 23.4 Å². The molecule has 0 aromatic heterocycles. The molecule has 5 aliphatic rings. The van der Waals surface area contributed by atoms with Gasteiger partial charge in [-0.1, -0.05) is 18.6 Å². The van der Waals surface area contributed by atoms with Crippen LogP contribution in [-0.4, -0.2) is 91.0 Å². The minimum atomic E-state index is -2.24. The van der Waals surface area contributed by atoms with Crippen LogP contribution in [0.5, 0.6) is 0 Å². The fourth-order valence-corrected chi connectivity index (χ4v) is 7.72. The summed E-state index contributed by atoms with van der Waals surface area (Å²) >= 11 is 0. The van der Waals surface area contributed by atoms with Gasteiger partial charge in [0.25, 0.3) is 0 Å². The van der Waals surface area contributed by atoms with Crippen LogP contribution in [0.2, 0.25) is 0 Å². The molecule has 0 amide bonds. The molecule has 5 rings (SSSR count). The van der Waals surface area contributed by atoms with Gasteiger partial charge in [0.05, 0.1) is 30.3 Å². The Hall–Kier alpha value is -1.07. The van der Waals surface area contributed by atoms with Crippen LogP contribution in [0.3, 0.4) is 0 Å². The van der Waals surface area contributed by atoms with Crippen LogP contribution < -0.4 is 0 Å². The fourth-order valence-electron chi connectivity index (χ4n) is 7.72. The maximum Gasteiger partial charge on any atom is 0.338 e. The lowest BCUT2D eigenvalue weighted by molar-refractivity contribution is -0.355. The minimum Gasteiger partial charge on any atom is -0.460 e. The molecular weight excluding hydrogens is 384 g/mol. The number of hydrogen-bond acceptors (Lipinski definition) is 9. The zero-order chi connectivity index (χ0) is 21.3. The van der Waals surface area contributed by atoms with E-state index in [9.17, 15) is 35.4 Å². The molecule has 2 saturated heterocycles. The van der Waals surface area contributed by atoms with Crippen LogP contribution >= 0.6 is 0 Å². The zero-order valence-electron chi connectivity index (χ0n) is 16.5. The van der Waals surface area contributed by atoms with Crippen LogP contribution in [0.25, 0.3) is 0 Å². The molecule has 162 valence electrons. The Labute approximate surface area is 167 Å². The van der Waals surface area contributed by atoms with Gasteiger partial charge >= 0.3 is 5.97 Å². The lowest BCUT2D eigenvalue weighted by Crippen LogP contribution is -2.86. The highest BCUT2D eigenvalue weighted by Crippen LogP contribution is 2.73. The van der Waals surface area contributed by atoms with Gasteiger partial charge in [-0.05, 0) is 26.2 Å². The average molecular weight is 412 g/mol. The normalized spacial score (nSPS) is 63.3. The van der Waals surface area contributed by atoms with Crippen molar-refractivity contribution in [3.05, 3.63) is 11.6 Å². The number of carbonyl (C=O) groups excluding carboxylic acids is 1. The van der Waals surface area contributed by atoms with Crippen molar-refractivity contribution in [3.8, 4) is 0 Å². The van der Waals surface area contributed by atoms with Gasteiger partial charge in [0.15, 0.2) is 6.10 Å². The molecule has 29 heavy (non-hydrogen) atoms. The zero-order valence-corrected chi connectivity index (χ0v) is 16.5. The predicted octanol–water partition coefficient (Wildman–Crippen LogP) is -2.16. The van der Waals surface area contributed by atoms with E-state index in [0.717, 1.165) is 5.57 Å². The monoisotopic (exact) mass is 412 g/mol. The summed E-state index contributed by atoms with van der Waals surface area (Å²) in [5.74, 6) is -2.42. The first-order chi connectivity index (χ1) is 13.4. The van der Waals surface area contributed by atoms with Crippen LogP contribution in [0.15, 0.2) is 11.6 Å². The molecule has 2 saturated carbocycles. The Bertz CT molecular complexity index is 814. The van der Waals surface area contributed by atoms with E-state index in [1.165, 1.54) is 6.92 Å². The number of hydrogen-bond donors (Lipinski definition) is 6. The molecular formula is C20H28O9. The molecule has 4 fully saturated rings. The molecule has 3 aliphatic carbocycles. The summed E-state index contributed by atoms with van der Waals surface area (Å²) in [5, 5.41) is 66.5. The Kier molecular flexibility index (Phi) is 3.70. The second-order valence-electron chi connectivity index (χ2n) is 9.94. The standard InChI is InChI=1S/C20H28O9/c1-7-4-9(21)13(23)17(2)8(7)5-10-19-6-28-18(3,14(24)11(22)12(17)19)20(19,27)15(25)16(26)29-10/h4,8-15,21-25,27H,5-6H2,1-3H3/t8-,9-,10+,11+,12+,13+,14-,15-,17-,18?,19+,20+/m0/s1. The smallest absolute Gasteiger partial charge is 0.338 e. The highest BCUT2D eigenvalue weighted by molar-refractivity contribution is 5.79. The van der Waals surface area contributed by atoms with E-state index in [1.54, 1.807) is 19.9 Å². The number of esters is 1. The van der Waals surface area contributed by atoms with Gasteiger partial charge in [0, 0.05) is 11.3 Å². The molecule has 2 heterocycles. The van der Waals surface area contributed by atoms with Crippen molar-refractivity contribution in [1.82, 2.24) is 0 Å². The number of allylic oxidation sites excluding steroid dienone is 1. The third-order valence-corrected chi connectivity index (χ3v) is 9.13. The van der Waals surface area contributed by atoms with E-state index >= 15 is 0 Å². The first kappa shape index (κ1) is 19.9. The van der Waals surface area contributed by atoms with E-state index in [-0.39, 0.29) is 18.9 Å². The van der Waals surface area contributed by atoms with Gasteiger partial charge in [0.2, 0.25) is 0 Å². The van der Waals surface area contributed by atoms with Crippen molar-refractivity contribution in [2.24, 2.45) is 22.7 Å². The number of carbonyl (C=O) groups is 1. The molecule has 6 N–H and O–H groups in total. The Morgan fingerprint density at radius 2 is 1.76 bits per heavy atom. The SMILES string of the molecule is CC1=C[C@H](O)[C@@H](O)[C@]2(C)[C@H]3[C@@H](O)[C@H](O)C4(C)OC[C@@]35[C@@H](C[C@@H]12)OC(=O)[C@H](O)[C@@]45O. The lowest BCUT2D eigenvalue weighted by Gasteiger charge is -2.70. The predicted molar refractivity (Wildman–Crippen MR) is 95.1 cm³/mol. The van der Waals surface area contributed by atoms with Gasteiger partial charge < -0.3 is 40.1 Å². The lowest BCUT2D eigenvalue weighted by atomic mass is 9.36. The molecule has 0 aromatic rings. The Morgan fingerprint density at radius 3 is 2.41 bits per heavy atom. The molecule has 2 bridgehead atoms. The van der Waals surface area contributed by atoms with Crippen molar-refractivity contribution < 1.29 is 44.9 Å². The van der Waals surface area contributed by atoms with Crippen molar-refractivity contribution in [3.63, 3.8) is 0 Å². The van der Waals surface area contributed by atoms with E-state index in [2.05, 4.69) is 0 Å². The maximum absolute atomic E-state index is 12.5. The van der Waals surface area contributed by atoms with Gasteiger partial charge in [-0.15, -0.1) is 0 Å². The van der Waals surface area contributed by atoms with Crippen molar-refractivity contribution in [2.45, 2.75) is 75.0 Å². The number of ether oxygens (including phenoxy) is 2. The topological polar surface area (TPSA) is 157 Å². The molecule has 1 spiro atoms. The largest absolute Gasteiger partial charge is 0.460 e. The highest BCUT2D eigenvalue weighted by Gasteiger charge is 2.88. The van der Waals surface area contributed by atoms with Crippen LogP contribution in [0, 0.1) is 22.7 Å². The van der Waals surface area contributed by atoms with Gasteiger partial charge in [-0.2, -0.15) is 0 Å². The molecule has 9 nitrogen and oxygen atoms in total. The second-order valence-corrected chi connectivity index (χ2v) is 9.94. The van der Waals surface area contributed by atoms with E-state index in [0.29, 0.717) is 0 Å². The highest BCUT2D eigenvalue weighted by atomic mass is 16.6. The molecule has 2 aliphatic heterocycles. The average Bonchev–Trinajstić information content (AvgIpc) is 2.85. The summed E-state index contributed by atoms with van der Waals surface area (Å²) in [6, 6.07) is 0. The summed E-state index contributed by atoms with van der Waals surface area (Å²) in [6.07, 6.45) is -6.71. The summed E-state index contributed by atoms with van der Waals surface area (Å²) < 4.78 is 11.4. The van der Waals surface area contributed by atoms with E-state index in [4.69, 9.17) is 9.47 Å². The minimum absolute atomic E-state index is 0.179. The third-order valence-electron chi connectivity index (χ3n) is 9.13. The molecule has 9 heteroatoms. The molecule has 1 unspecified atom stereocenters. The number of aliphatic hydroxyl groups excluding tert-OH is 5. The van der Waals surface area contributed by atoms with Crippen LogP contribution in [0.4, 0.5) is 0 Å². The quantitative estimate of drug-likeness (QED) is 0.193. The van der Waals surface area contributed by atoms with Gasteiger partial charge in [-0.25, -0.2) is 4.79 Å². The van der Waals surface area contributed by atoms with E-state index in [1.807, 2.05) is 0 Å². The van der Waals surface area contributed by atoms with Crippen molar-refractivity contribution in [1.29, 1.82) is 0 Å². The maximum atomic E-state index is 12.5. The fraction of sp³-hybridized carbons (Fsp3) is 0.850. The Balaban J connectivity index is 1.82.